The summed E-state index contributed by atoms with van der Waals surface area (Å²) < 4.78 is 11.4. The Balaban J connectivity index is 1.99. The first-order chi connectivity index (χ1) is 7.40. The number of benzene rings is 1. The molecule has 0 aliphatic carbocycles. The minimum absolute atomic E-state index is 0.302. The van der Waals surface area contributed by atoms with Gasteiger partial charge in [0.15, 0.2) is 11.5 Å². The minimum atomic E-state index is 0.302. The maximum Gasteiger partial charge on any atom is 0.161 e. The molecule has 3 heteroatoms. The van der Waals surface area contributed by atoms with Gasteiger partial charge in [0.1, 0.15) is 6.10 Å². The zero-order valence-corrected chi connectivity index (χ0v) is 9.03. The van der Waals surface area contributed by atoms with Gasteiger partial charge in [-0.05, 0) is 18.6 Å². The average molecular weight is 207 g/mol. The number of para-hydroxylation sites is 2. The van der Waals surface area contributed by atoms with Crippen LogP contribution in [0.15, 0.2) is 24.3 Å². The first-order valence-electron chi connectivity index (χ1n) is 5.49. The molecule has 0 unspecified atom stereocenters. The predicted octanol–water partition coefficient (Wildman–Crippen LogP) is 1.83. The van der Waals surface area contributed by atoms with Crippen molar-refractivity contribution in [1.82, 2.24) is 5.32 Å². The molecule has 1 heterocycles. The number of hydrogen-bond donors (Lipinski definition) is 1. The van der Waals surface area contributed by atoms with Gasteiger partial charge >= 0.3 is 0 Å². The van der Waals surface area contributed by atoms with Gasteiger partial charge in [-0.15, -0.1) is 0 Å². The Bertz CT molecular complexity index is 310. The van der Waals surface area contributed by atoms with Gasteiger partial charge in [0.25, 0.3) is 0 Å². The van der Waals surface area contributed by atoms with E-state index in [9.17, 15) is 0 Å². The smallest absolute Gasteiger partial charge is 0.161 e. The summed E-state index contributed by atoms with van der Waals surface area (Å²) in [7, 11) is 0. The molecule has 15 heavy (non-hydrogen) atoms. The fourth-order valence-electron chi connectivity index (χ4n) is 1.40. The Hall–Kier alpha value is -1.22. The molecule has 1 aromatic carbocycles. The van der Waals surface area contributed by atoms with Crippen LogP contribution in [-0.4, -0.2) is 25.8 Å². The number of nitrogens with one attached hydrogen (secondary N) is 1. The van der Waals surface area contributed by atoms with Gasteiger partial charge in [-0.25, -0.2) is 0 Å². The summed E-state index contributed by atoms with van der Waals surface area (Å²) in [5.41, 5.74) is 0. The van der Waals surface area contributed by atoms with E-state index in [4.69, 9.17) is 9.47 Å². The molecule has 0 radical (unpaired) electrons. The fourth-order valence-corrected chi connectivity index (χ4v) is 1.40. The molecule has 0 atom stereocenters. The normalized spacial score (nSPS) is 15.8. The highest BCUT2D eigenvalue weighted by Gasteiger charge is 2.19. The Kier molecular flexibility index (Phi) is 3.45. The topological polar surface area (TPSA) is 30.5 Å². The molecule has 0 bridgehead atoms. The highest BCUT2D eigenvalue weighted by molar-refractivity contribution is 5.39. The zero-order valence-electron chi connectivity index (χ0n) is 9.03. The molecule has 1 aliphatic heterocycles. The van der Waals surface area contributed by atoms with Gasteiger partial charge in [0.05, 0.1) is 6.61 Å². The van der Waals surface area contributed by atoms with E-state index >= 15 is 0 Å². The first-order valence-corrected chi connectivity index (χ1v) is 5.49. The molecular formula is C12H17NO2. The number of ether oxygens (including phenoxy) is 2. The quantitative estimate of drug-likeness (QED) is 0.799. The van der Waals surface area contributed by atoms with Crippen LogP contribution in [-0.2, 0) is 0 Å². The van der Waals surface area contributed by atoms with Gasteiger partial charge in [-0.1, -0.05) is 19.1 Å². The van der Waals surface area contributed by atoms with E-state index in [0.29, 0.717) is 6.10 Å². The maximum atomic E-state index is 5.79. The Morgan fingerprint density at radius 3 is 2.60 bits per heavy atom. The van der Waals surface area contributed by atoms with Crippen molar-refractivity contribution in [3.05, 3.63) is 24.3 Å². The van der Waals surface area contributed by atoms with E-state index in [1.807, 2.05) is 24.3 Å². The van der Waals surface area contributed by atoms with Crippen molar-refractivity contribution in [2.45, 2.75) is 19.4 Å². The van der Waals surface area contributed by atoms with Crippen molar-refractivity contribution < 1.29 is 9.47 Å². The minimum Gasteiger partial charge on any atom is -0.490 e. The summed E-state index contributed by atoms with van der Waals surface area (Å²) in [5.74, 6) is 1.71. The van der Waals surface area contributed by atoms with E-state index in [1.54, 1.807) is 0 Å². The maximum absolute atomic E-state index is 5.79. The van der Waals surface area contributed by atoms with E-state index in [2.05, 4.69) is 12.2 Å². The molecule has 0 spiro atoms. The molecule has 0 aromatic heterocycles. The van der Waals surface area contributed by atoms with Crippen molar-refractivity contribution in [3.63, 3.8) is 0 Å². The Labute approximate surface area is 90.4 Å². The third-order valence-electron chi connectivity index (χ3n) is 2.35. The van der Waals surface area contributed by atoms with E-state index in [-0.39, 0.29) is 0 Å². The van der Waals surface area contributed by atoms with Gasteiger partial charge in [-0.3, -0.25) is 0 Å². The van der Waals surface area contributed by atoms with Crippen LogP contribution in [0.3, 0.4) is 0 Å². The fraction of sp³-hybridized carbons (Fsp3) is 0.500. The second-order valence-electron chi connectivity index (χ2n) is 3.69. The lowest BCUT2D eigenvalue weighted by Gasteiger charge is -2.28. The van der Waals surface area contributed by atoms with Crippen molar-refractivity contribution in [3.8, 4) is 11.5 Å². The monoisotopic (exact) mass is 207 g/mol. The summed E-state index contributed by atoms with van der Waals surface area (Å²) in [6, 6.07) is 7.86. The number of hydrogen-bond acceptors (Lipinski definition) is 3. The third-order valence-corrected chi connectivity index (χ3v) is 2.35. The van der Waals surface area contributed by atoms with Crippen LogP contribution in [0.4, 0.5) is 0 Å². The van der Waals surface area contributed by atoms with Crippen LogP contribution >= 0.6 is 0 Å². The van der Waals surface area contributed by atoms with Gasteiger partial charge in [0, 0.05) is 13.1 Å². The molecular weight excluding hydrogens is 190 g/mol. The van der Waals surface area contributed by atoms with E-state index in [0.717, 1.165) is 37.6 Å². The van der Waals surface area contributed by atoms with Crippen molar-refractivity contribution in [1.29, 1.82) is 0 Å². The van der Waals surface area contributed by atoms with Crippen molar-refractivity contribution in [2.75, 3.05) is 19.7 Å². The molecule has 3 nitrogen and oxygen atoms in total. The summed E-state index contributed by atoms with van der Waals surface area (Å²) in [6.07, 6.45) is 1.32. The van der Waals surface area contributed by atoms with Crippen LogP contribution < -0.4 is 14.8 Å². The van der Waals surface area contributed by atoms with Gasteiger partial charge < -0.3 is 14.8 Å². The van der Waals surface area contributed by atoms with Crippen molar-refractivity contribution in [2.24, 2.45) is 0 Å². The summed E-state index contributed by atoms with van der Waals surface area (Å²) >= 11 is 0. The van der Waals surface area contributed by atoms with Gasteiger partial charge in [0.2, 0.25) is 0 Å². The van der Waals surface area contributed by atoms with E-state index in [1.165, 1.54) is 0 Å². The Morgan fingerprint density at radius 1 is 1.27 bits per heavy atom. The predicted molar refractivity (Wildman–Crippen MR) is 59.5 cm³/mol. The van der Waals surface area contributed by atoms with Crippen LogP contribution in [0.5, 0.6) is 11.5 Å². The lowest BCUT2D eigenvalue weighted by molar-refractivity contribution is 0.135. The Morgan fingerprint density at radius 2 is 2.00 bits per heavy atom. The molecule has 1 aromatic rings. The highest BCUT2D eigenvalue weighted by atomic mass is 16.5. The lowest BCUT2D eigenvalue weighted by atomic mass is 10.2. The van der Waals surface area contributed by atoms with E-state index < -0.39 is 0 Å². The second-order valence-corrected chi connectivity index (χ2v) is 3.69. The standard InChI is InChI=1S/C12H17NO2/c1-2-7-14-11-5-3-4-6-12(11)15-10-8-13-9-10/h3-6,10,13H,2,7-9H2,1H3. The largest absolute Gasteiger partial charge is 0.490 e. The number of rotatable bonds is 5. The summed E-state index contributed by atoms with van der Waals surface area (Å²) in [6.45, 7) is 4.70. The zero-order chi connectivity index (χ0) is 10.5. The summed E-state index contributed by atoms with van der Waals surface area (Å²) in [5, 5.41) is 3.18. The van der Waals surface area contributed by atoms with Crippen molar-refractivity contribution >= 4 is 0 Å². The van der Waals surface area contributed by atoms with Crippen LogP contribution in [0.2, 0.25) is 0 Å². The molecule has 1 fully saturated rings. The molecule has 1 N–H and O–H groups in total. The molecule has 0 amide bonds. The highest BCUT2D eigenvalue weighted by Crippen LogP contribution is 2.27. The average Bonchev–Trinajstić information content (AvgIpc) is 2.22. The molecule has 1 aliphatic rings. The molecule has 82 valence electrons. The summed E-state index contributed by atoms with van der Waals surface area (Å²) in [4.78, 5) is 0. The second kappa shape index (κ2) is 5.03. The first kappa shape index (κ1) is 10.3. The van der Waals surface area contributed by atoms with Crippen LogP contribution in [0.25, 0.3) is 0 Å². The molecule has 2 rings (SSSR count). The lowest BCUT2D eigenvalue weighted by Crippen LogP contribution is -2.50. The molecule has 1 saturated heterocycles. The molecule has 0 saturated carbocycles. The van der Waals surface area contributed by atoms with Crippen LogP contribution in [0.1, 0.15) is 13.3 Å². The third kappa shape index (κ3) is 2.63. The van der Waals surface area contributed by atoms with Gasteiger partial charge in [-0.2, -0.15) is 0 Å². The van der Waals surface area contributed by atoms with Crippen LogP contribution in [0, 0.1) is 0 Å². The SMILES string of the molecule is CCCOc1ccccc1OC1CNC1.